The number of hydrogen-bond donors (Lipinski definition) is 2. The molecule has 1 saturated heterocycles. The average Bonchev–Trinajstić information content (AvgIpc) is 2.08. The Balaban J connectivity index is 2.99. The molecular weight excluding hydrogens is 160 g/mol. The molecule has 0 aliphatic carbocycles. The summed E-state index contributed by atoms with van der Waals surface area (Å²) in [4.78, 5) is 24.2. The second kappa shape index (κ2) is 2.56. The Hall–Kier alpha value is -1.43. The van der Waals surface area contributed by atoms with Gasteiger partial charge in [-0.3, -0.25) is 20.0 Å². The molecule has 6 nitrogen and oxygen atoms in total. The Bertz CT molecular complexity index is 201. The summed E-state index contributed by atoms with van der Waals surface area (Å²) in [5, 5.41) is 7.28. The molecule has 0 aromatic rings. The summed E-state index contributed by atoms with van der Waals surface area (Å²) >= 11 is 0. The van der Waals surface area contributed by atoms with Crippen molar-refractivity contribution < 1.29 is 9.59 Å². The van der Waals surface area contributed by atoms with Crippen molar-refractivity contribution >= 4 is 17.8 Å². The van der Waals surface area contributed by atoms with Gasteiger partial charge in [-0.15, -0.1) is 0 Å². The predicted octanol–water partition coefficient (Wildman–Crippen LogP) is -1.19. The predicted molar refractivity (Wildman–Crippen MR) is 41.6 cm³/mol. The van der Waals surface area contributed by atoms with Crippen LogP contribution in [0, 0.1) is 5.41 Å². The first-order valence-corrected chi connectivity index (χ1v) is 3.36. The van der Waals surface area contributed by atoms with Crippen molar-refractivity contribution in [1.82, 2.24) is 9.80 Å². The van der Waals surface area contributed by atoms with Crippen LogP contribution in [-0.4, -0.2) is 47.7 Å². The first kappa shape index (κ1) is 8.66. The number of carbonyl (C=O) groups excluding carboxylic acids is 2. The highest BCUT2D eigenvalue weighted by Crippen LogP contribution is 2.06. The van der Waals surface area contributed by atoms with Crippen LogP contribution >= 0.6 is 0 Å². The number of amides is 3. The van der Waals surface area contributed by atoms with Gasteiger partial charge < -0.3 is 5.73 Å². The molecule has 3 amide bonds. The van der Waals surface area contributed by atoms with Gasteiger partial charge in [0.25, 0.3) is 5.91 Å². The number of amidine groups is 1. The maximum absolute atomic E-state index is 11.1. The highest BCUT2D eigenvalue weighted by Gasteiger charge is 2.37. The smallest absolute Gasteiger partial charge is 0.314 e. The minimum atomic E-state index is -1.02. The van der Waals surface area contributed by atoms with Crippen LogP contribution in [0.4, 0.5) is 4.79 Å². The zero-order valence-corrected chi connectivity index (χ0v) is 6.87. The Labute approximate surface area is 69.4 Å². The molecule has 1 aliphatic heterocycles. The summed E-state index contributed by atoms with van der Waals surface area (Å²) in [7, 11) is 2.75. The van der Waals surface area contributed by atoms with Crippen molar-refractivity contribution in [2.24, 2.45) is 5.73 Å². The zero-order valence-electron chi connectivity index (χ0n) is 6.87. The summed E-state index contributed by atoms with van der Waals surface area (Å²) in [6.45, 7) is 0. The van der Waals surface area contributed by atoms with Crippen molar-refractivity contribution in [3.8, 4) is 0 Å². The lowest BCUT2D eigenvalue weighted by molar-refractivity contribution is -0.128. The molecule has 1 aliphatic rings. The second-order valence-electron chi connectivity index (χ2n) is 2.60. The molecule has 0 bridgehead atoms. The Morgan fingerprint density at radius 2 is 1.83 bits per heavy atom. The van der Waals surface area contributed by atoms with Crippen LogP contribution in [0.2, 0.25) is 0 Å². The quantitative estimate of drug-likeness (QED) is 0.479. The average molecular weight is 170 g/mol. The monoisotopic (exact) mass is 170 g/mol. The van der Waals surface area contributed by atoms with Crippen LogP contribution in [0.25, 0.3) is 0 Å². The molecule has 1 rings (SSSR count). The van der Waals surface area contributed by atoms with E-state index in [1.165, 1.54) is 14.1 Å². The minimum absolute atomic E-state index is 0.164. The van der Waals surface area contributed by atoms with Crippen LogP contribution in [0.5, 0.6) is 0 Å². The molecule has 1 unspecified atom stereocenters. The van der Waals surface area contributed by atoms with Crippen LogP contribution in [-0.2, 0) is 4.79 Å². The van der Waals surface area contributed by atoms with Crippen molar-refractivity contribution in [2.45, 2.75) is 6.04 Å². The summed E-state index contributed by atoms with van der Waals surface area (Å²) in [5.74, 6) is -0.703. The van der Waals surface area contributed by atoms with Crippen molar-refractivity contribution in [3.63, 3.8) is 0 Å². The molecule has 0 spiro atoms. The highest BCUT2D eigenvalue weighted by atomic mass is 16.2. The maximum atomic E-state index is 11.1. The van der Waals surface area contributed by atoms with Gasteiger partial charge in [0.1, 0.15) is 11.9 Å². The SMILES string of the molecule is CN1C(=N)C(N)C(=O)N(C)C1=O. The number of rotatable bonds is 0. The Morgan fingerprint density at radius 3 is 2.33 bits per heavy atom. The van der Waals surface area contributed by atoms with Gasteiger partial charge in [0.2, 0.25) is 0 Å². The van der Waals surface area contributed by atoms with E-state index in [1.54, 1.807) is 0 Å². The number of nitrogens with two attached hydrogens (primary N) is 1. The van der Waals surface area contributed by atoms with E-state index < -0.39 is 18.0 Å². The van der Waals surface area contributed by atoms with E-state index >= 15 is 0 Å². The first-order valence-electron chi connectivity index (χ1n) is 3.36. The molecule has 0 aromatic heterocycles. The standard InChI is InChI=1S/C6H10N4O2/c1-9-4(8)3(7)5(11)10(2)6(9)12/h3,8H,7H2,1-2H3. The van der Waals surface area contributed by atoms with Crippen molar-refractivity contribution in [2.75, 3.05) is 14.1 Å². The Morgan fingerprint density at radius 1 is 1.33 bits per heavy atom. The van der Waals surface area contributed by atoms with E-state index in [2.05, 4.69) is 0 Å². The van der Waals surface area contributed by atoms with Gasteiger partial charge in [0.15, 0.2) is 0 Å². The summed E-state index contributed by atoms with van der Waals surface area (Å²) in [6.07, 6.45) is 0. The zero-order chi connectivity index (χ0) is 9.46. The second-order valence-corrected chi connectivity index (χ2v) is 2.60. The number of carbonyl (C=O) groups is 2. The third kappa shape index (κ3) is 0.964. The van der Waals surface area contributed by atoms with Crippen LogP contribution in [0.3, 0.4) is 0 Å². The third-order valence-electron chi connectivity index (χ3n) is 1.83. The first-order chi connectivity index (χ1) is 5.46. The lowest BCUT2D eigenvalue weighted by Crippen LogP contribution is -2.62. The molecule has 0 saturated carbocycles. The fourth-order valence-corrected chi connectivity index (χ4v) is 0.957. The van der Waals surface area contributed by atoms with Gasteiger partial charge >= 0.3 is 6.03 Å². The number of nitrogens with one attached hydrogen (secondary N) is 1. The lowest BCUT2D eigenvalue weighted by Gasteiger charge is -2.32. The molecule has 12 heavy (non-hydrogen) atoms. The van der Waals surface area contributed by atoms with Gasteiger partial charge in [0, 0.05) is 14.1 Å². The number of likely N-dealkylation sites (N-methyl/N-ethyl adjacent to an activating group) is 2. The maximum Gasteiger partial charge on any atom is 0.331 e. The van der Waals surface area contributed by atoms with Crippen molar-refractivity contribution in [3.05, 3.63) is 0 Å². The molecule has 3 N–H and O–H groups in total. The van der Waals surface area contributed by atoms with E-state index in [4.69, 9.17) is 11.1 Å². The topological polar surface area (TPSA) is 90.5 Å². The molecule has 1 fully saturated rings. The number of hydrogen-bond acceptors (Lipinski definition) is 4. The van der Waals surface area contributed by atoms with Crippen molar-refractivity contribution in [1.29, 1.82) is 5.41 Å². The van der Waals surface area contributed by atoms with Crippen LogP contribution in [0.15, 0.2) is 0 Å². The minimum Gasteiger partial charge on any atom is -0.314 e. The molecule has 1 atom stereocenters. The Kier molecular flexibility index (Phi) is 1.85. The normalized spacial score (nSPS) is 25.2. The molecule has 0 radical (unpaired) electrons. The number of imide groups is 1. The van der Waals surface area contributed by atoms with Crippen LogP contribution < -0.4 is 5.73 Å². The molecule has 6 heteroatoms. The summed E-state index contributed by atoms with van der Waals surface area (Å²) in [6, 6.07) is -1.54. The van der Waals surface area contributed by atoms with Gasteiger partial charge in [-0.05, 0) is 0 Å². The van der Waals surface area contributed by atoms with Gasteiger partial charge in [0.05, 0.1) is 0 Å². The fraction of sp³-hybridized carbons (Fsp3) is 0.500. The molecule has 66 valence electrons. The lowest BCUT2D eigenvalue weighted by atomic mass is 10.2. The van der Waals surface area contributed by atoms with Gasteiger partial charge in [-0.25, -0.2) is 4.79 Å². The molecule has 0 aromatic carbocycles. The number of nitrogens with zero attached hydrogens (tertiary/aromatic N) is 2. The molecular formula is C6H10N4O2. The number of urea groups is 1. The summed E-state index contributed by atoms with van der Waals surface area (Å²) < 4.78 is 0. The van der Waals surface area contributed by atoms with E-state index in [9.17, 15) is 9.59 Å². The van der Waals surface area contributed by atoms with E-state index in [-0.39, 0.29) is 5.84 Å². The largest absolute Gasteiger partial charge is 0.331 e. The third-order valence-corrected chi connectivity index (χ3v) is 1.83. The molecule has 1 heterocycles. The van der Waals surface area contributed by atoms with Gasteiger partial charge in [-0.2, -0.15) is 0 Å². The van der Waals surface area contributed by atoms with Gasteiger partial charge in [-0.1, -0.05) is 0 Å². The van der Waals surface area contributed by atoms with E-state index in [0.717, 1.165) is 9.80 Å². The highest BCUT2D eigenvalue weighted by molar-refractivity contribution is 6.19. The van der Waals surface area contributed by atoms with E-state index in [0.29, 0.717) is 0 Å². The van der Waals surface area contributed by atoms with E-state index in [1.807, 2.05) is 0 Å². The van der Waals surface area contributed by atoms with Crippen LogP contribution in [0.1, 0.15) is 0 Å². The fourth-order valence-electron chi connectivity index (χ4n) is 0.957. The summed E-state index contributed by atoms with van der Waals surface area (Å²) in [5.41, 5.74) is 5.36.